The van der Waals surface area contributed by atoms with Crippen LogP contribution in [0.25, 0.3) is 0 Å². The highest BCUT2D eigenvalue weighted by molar-refractivity contribution is 7.99. The zero-order chi connectivity index (χ0) is 8.39. The summed E-state index contributed by atoms with van der Waals surface area (Å²) in [6.07, 6.45) is -0.0927. The molecule has 12 heavy (non-hydrogen) atoms. The molecule has 1 aromatic rings. The van der Waals surface area contributed by atoms with Gasteiger partial charge in [0.2, 0.25) is 6.29 Å². The summed E-state index contributed by atoms with van der Waals surface area (Å²) < 4.78 is 10.6. The lowest BCUT2D eigenvalue weighted by molar-refractivity contribution is -0.0386. The van der Waals surface area contributed by atoms with E-state index >= 15 is 0 Å². The van der Waals surface area contributed by atoms with Crippen molar-refractivity contribution in [3.8, 4) is 5.75 Å². The quantitative estimate of drug-likeness (QED) is 0.663. The maximum Gasteiger partial charge on any atom is 0.209 e. The number of thioether (sulfide) groups is 1. The third-order valence-corrected chi connectivity index (χ3v) is 2.83. The Morgan fingerprint density at radius 1 is 1.50 bits per heavy atom. The summed E-state index contributed by atoms with van der Waals surface area (Å²) in [5, 5.41) is 0. The van der Waals surface area contributed by atoms with Gasteiger partial charge in [-0.2, -0.15) is 0 Å². The Balaban J connectivity index is 2.23. The standard InChI is InChI=1S/C9H10O2S/c1-10-9-6-12-8-5-3-2-4-7(8)11-9/h2-5,9H,6H2,1H3. The molecule has 2 nitrogen and oxygen atoms in total. The van der Waals surface area contributed by atoms with Crippen molar-refractivity contribution in [2.75, 3.05) is 12.9 Å². The Labute approximate surface area is 75.9 Å². The first-order valence-corrected chi connectivity index (χ1v) is 4.80. The van der Waals surface area contributed by atoms with Crippen LogP contribution in [0.5, 0.6) is 5.75 Å². The van der Waals surface area contributed by atoms with E-state index in [0.29, 0.717) is 0 Å². The van der Waals surface area contributed by atoms with Gasteiger partial charge in [-0.15, -0.1) is 11.8 Å². The molecule has 1 aliphatic heterocycles. The average Bonchev–Trinajstić information content (AvgIpc) is 2.17. The molecule has 0 N–H and O–H groups in total. The SMILES string of the molecule is COC1CSc2ccccc2O1. The third kappa shape index (κ3) is 1.42. The smallest absolute Gasteiger partial charge is 0.209 e. The topological polar surface area (TPSA) is 18.5 Å². The van der Waals surface area contributed by atoms with Crippen molar-refractivity contribution in [3.63, 3.8) is 0 Å². The number of fused-ring (bicyclic) bond motifs is 1. The summed E-state index contributed by atoms with van der Waals surface area (Å²) in [5.41, 5.74) is 0. The van der Waals surface area contributed by atoms with Crippen LogP contribution in [0.15, 0.2) is 29.2 Å². The van der Waals surface area contributed by atoms with E-state index in [9.17, 15) is 0 Å². The van der Waals surface area contributed by atoms with Gasteiger partial charge in [0.25, 0.3) is 0 Å². The fraction of sp³-hybridized carbons (Fsp3) is 0.333. The van der Waals surface area contributed by atoms with Crippen LogP contribution in [-0.4, -0.2) is 19.2 Å². The van der Waals surface area contributed by atoms with Gasteiger partial charge in [-0.1, -0.05) is 12.1 Å². The van der Waals surface area contributed by atoms with Gasteiger partial charge in [-0.3, -0.25) is 0 Å². The molecule has 0 aliphatic carbocycles. The number of hydrogen-bond donors (Lipinski definition) is 0. The van der Waals surface area contributed by atoms with Crippen molar-refractivity contribution in [2.45, 2.75) is 11.2 Å². The monoisotopic (exact) mass is 182 g/mol. The van der Waals surface area contributed by atoms with Crippen molar-refractivity contribution >= 4 is 11.8 Å². The fourth-order valence-corrected chi connectivity index (χ4v) is 2.07. The van der Waals surface area contributed by atoms with E-state index in [0.717, 1.165) is 11.5 Å². The lowest BCUT2D eigenvalue weighted by Crippen LogP contribution is -2.24. The molecule has 0 saturated heterocycles. The highest BCUT2D eigenvalue weighted by Gasteiger charge is 2.18. The van der Waals surface area contributed by atoms with E-state index < -0.39 is 0 Å². The average molecular weight is 182 g/mol. The Bertz CT molecular complexity index is 275. The number of ether oxygens (including phenoxy) is 2. The summed E-state index contributed by atoms with van der Waals surface area (Å²) in [5.74, 6) is 1.80. The molecular formula is C9H10O2S. The molecule has 0 amide bonds. The molecule has 0 bridgehead atoms. The number of benzene rings is 1. The molecule has 1 heterocycles. The first kappa shape index (κ1) is 7.95. The van der Waals surface area contributed by atoms with Crippen LogP contribution in [-0.2, 0) is 4.74 Å². The van der Waals surface area contributed by atoms with Crippen LogP contribution < -0.4 is 4.74 Å². The largest absolute Gasteiger partial charge is 0.463 e. The van der Waals surface area contributed by atoms with E-state index in [-0.39, 0.29) is 6.29 Å². The van der Waals surface area contributed by atoms with Gasteiger partial charge in [0.1, 0.15) is 5.75 Å². The second kappa shape index (κ2) is 3.37. The molecule has 0 saturated carbocycles. The molecule has 0 aromatic heterocycles. The van der Waals surface area contributed by atoms with Crippen LogP contribution in [0.2, 0.25) is 0 Å². The van der Waals surface area contributed by atoms with E-state index in [1.807, 2.05) is 18.2 Å². The third-order valence-electron chi connectivity index (χ3n) is 1.75. The van der Waals surface area contributed by atoms with Gasteiger partial charge in [-0.25, -0.2) is 0 Å². The van der Waals surface area contributed by atoms with Gasteiger partial charge in [-0.05, 0) is 12.1 Å². The predicted molar refractivity (Wildman–Crippen MR) is 48.6 cm³/mol. The molecule has 0 spiro atoms. The lowest BCUT2D eigenvalue weighted by Gasteiger charge is -2.23. The molecule has 64 valence electrons. The van der Waals surface area contributed by atoms with Gasteiger partial charge in [0.05, 0.1) is 5.75 Å². The first-order valence-electron chi connectivity index (χ1n) is 3.81. The molecule has 0 fully saturated rings. The molecule has 3 heteroatoms. The predicted octanol–water partition coefficient (Wildman–Crippen LogP) is 2.14. The Kier molecular flexibility index (Phi) is 2.23. The Morgan fingerprint density at radius 3 is 3.17 bits per heavy atom. The van der Waals surface area contributed by atoms with Crippen LogP contribution >= 0.6 is 11.8 Å². The minimum absolute atomic E-state index is 0.0927. The van der Waals surface area contributed by atoms with Crippen molar-refractivity contribution < 1.29 is 9.47 Å². The minimum atomic E-state index is -0.0927. The maximum absolute atomic E-state index is 5.54. The second-order valence-corrected chi connectivity index (χ2v) is 3.60. The van der Waals surface area contributed by atoms with Gasteiger partial charge in [0.15, 0.2) is 0 Å². The van der Waals surface area contributed by atoms with Crippen molar-refractivity contribution in [2.24, 2.45) is 0 Å². The highest BCUT2D eigenvalue weighted by atomic mass is 32.2. The van der Waals surface area contributed by atoms with Gasteiger partial charge in [0, 0.05) is 12.0 Å². The maximum atomic E-state index is 5.54. The normalized spacial score (nSPS) is 21.2. The second-order valence-electron chi connectivity index (χ2n) is 2.54. The van der Waals surface area contributed by atoms with E-state index in [2.05, 4.69) is 6.07 Å². The molecule has 1 unspecified atom stereocenters. The van der Waals surface area contributed by atoms with Crippen LogP contribution in [0.1, 0.15) is 0 Å². The van der Waals surface area contributed by atoms with Crippen LogP contribution in [0, 0.1) is 0 Å². The lowest BCUT2D eigenvalue weighted by atomic mass is 10.3. The molecule has 1 aliphatic rings. The number of hydrogen-bond acceptors (Lipinski definition) is 3. The molecule has 1 aromatic carbocycles. The van der Waals surface area contributed by atoms with Crippen LogP contribution in [0.4, 0.5) is 0 Å². The van der Waals surface area contributed by atoms with Crippen molar-refractivity contribution in [1.29, 1.82) is 0 Å². The Morgan fingerprint density at radius 2 is 2.33 bits per heavy atom. The van der Waals surface area contributed by atoms with Gasteiger partial charge < -0.3 is 9.47 Å². The van der Waals surface area contributed by atoms with Crippen molar-refractivity contribution in [3.05, 3.63) is 24.3 Å². The van der Waals surface area contributed by atoms with Crippen molar-refractivity contribution in [1.82, 2.24) is 0 Å². The highest BCUT2D eigenvalue weighted by Crippen LogP contribution is 2.34. The fourth-order valence-electron chi connectivity index (χ4n) is 1.12. The van der Waals surface area contributed by atoms with Crippen LogP contribution in [0.3, 0.4) is 0 Å². The number of methoxy groups -OCH3 is 1. The number of para-hydroxylation sites is 1. The molecular weight excluding hydrogens is 172 g/mol. The summed E-state index contributed by atoms with van der Waals surface area (Å²) >= 11 is 1.77. The number of rotatable bonds is 1. The first-order chi connectivity index (χ1) is 5.90. The Hall–Kier alpha value is -0.670. The molecule has 2 rings (SSSR count). The van der Waals surface area contributed by atoms with E-state index in [1.165, 1.54) is 4.90 Å². The summed E-state index contributed by atoms with van der Waals surface area (Å²) in [7, 11) is 1.67. The minimum Gasteiger partial charge on any atom is -0.463 e. The molecule has 1 atom stereocenters. The van der Waals surface area contributed by atoms with Gasteiger partial charge >= 0.3 is 0 Å². The zero-order valence-corrected chi connectivity index (χ0v) is 7.64. The van der Waals surface area contributed by atoms with E-state index in [1.54, 1.807) is 18.9 Å². The van der Waals surface area contributed by atoms with E-state index in [4.69, 9.17) is 9.47 Å². The molecule has 0 radical (unpaired) electrons. The summed E-state index contributed by atoms with van der Waals surface area (Å²) in [4.78, 5) is 1.20. The zero-order valence-electron chi connectivity index (χ0n) is 6.82. The summed E-state index contributed by atoms with van der Waals surface area (Å²) in [6, 6.07) is 8.01. The summed E-state index contributed by atoms with van der Waals surface area (Å²) in [6.45, 7) is 0.